The monoisotopic (exact) mass is 360 g/mol. The van der Waals surface area contributed by atoms with Gasteiger partial charge in [0.25, 0.3) is 0 Å². The van der Waals surface area contributed by atoms with Crippen molar-refractivity contribution in [1.29, 1.82) is 0 Å². The number of halogens is 1. The molecule has 1 atom stereocenters. The van der Waals surface area contributed by atoms with E-state index in [1.54, 1.807) is 6.07 Å². The quantitative estimate of drug-likeness (QED) is 0.820. The van der Waals surface area contributed by atoms with Crippen molar-refractivity contribution in [3.63, 3.8) is 0 Å². The molecule has 0 saturated carbocycles. The van der Waals surface area contributed by atoms with Gasteiger partial charge < -0.3 is 14.5 Å². The summed E-state index contributed by atoms with van der Waals surface area (Å²) >= 11 is 6.36. The van der Waals surface area contributed by atoms with E-state index < -0.39 is 0 Å². The van der Waals surface area contributed by atoms with Gasteiger partial charge in [-0.05, 0) is 38.3 Å². The molecule has 1 aromatic heterocycles. The molecule has 1 N–H and O–H groups in total. The molecular formula is C19H21ClN2O3. The highest BCUT2D eigenvalue weighted by Gasteiger charge is 2.31. The molecule has 0 saturated heterocycles. The van der Waals surface area contributed by atoms with Crippen LogP contribution in [0.5, 0.6) is 0 Å². The van der Waals surface area contributed by atoms with E-state index in [1.807, 2.05) is 19.9 Å². The summed E-state index contributed by atoms with van der Waals surface area (Å²) in [5.41, 5.74) is 2.22. The summed E-state index contributed by atoms with van der Waals surface area (Å²) in [6, 6.07) is 3.63. The molecule has 5 nitrogen and oxygen atoms in total. The lowest BCUT2D eigenvalue weighted by molar-refractivity contribution is 0.0968. The summed E-state index contributed by atoms with van der Waals surface area (Å²) in [5.74, 6) is 1.17. The average molecular weight is 361 g/mol. The Labute approximate surface area is 151 Å². The predicted octanol–water partition coefficient (Wildman–Crippen LogP) is 4.47. The second-order valence-electron chi connectivity index (χ2n) is 7.60. The van der Waals surface area contributed by atoms with Crippen molar-refractivity contribution in [2.24, 2.45) is 10.9 Å². The Morgan fingerprint density at radius 1 is 1.44 bits per heavy atom. The molecule has 1 aromatic carbocycles. The number of rotatable bonds is 3. The number of nitrogens with zero attached hydrogens (tertiary/aromatic N) is 1. The minimum absolute atomic E-state index is 0.0983. The molecule has 132 valence electrons. The van der Waals surface area contributed by atoms with Gasteiger partial charge in [-0.15, -0.1) is 0 Å². The summed E-state index contributed by atoms with van der Waals surface area (Å²) in [4.78, 5) is 17.4. The highest BCUT2D eigenvalue weighted by molar-refractivity contribution is 6.35. The number of furan rings is 1. The van der Waals surface area contributed by atoms with E-state index >= 15 is 0 Å². The van der Waals surface area contributed by atoms with E-state index in [0.717, 1.165) is 29.6 Å². The number of hydrogen-bond donors (Lipinski definition) is 1. The number of ether oxygens (including phenoxy) is 1. The van der Waals surface area contributed by atoms with Crippen molar-refractivity contribution >= 4 is 39.9 Å². The topological polar surface area (TPSA) is 63.8 Å². The highest BCUT2D eigenvalue weighted by atomic mass is 35.5. The van der Waals surface area contributed by atoms with Crippen molar-refractivity contribution in [2.45, 2.75) is 39.2 Å². The molecule has 6 heteroatoms. The Kier molecular flexibility index (Phi) is 3.80. The molecule has 0 fully saturated rings. The summed E-state index contributed by atoms with van der Waals surface area (Å²) in [6.07, 6.45) is 0.897. The van der Waals surface area contributed by atoms with Crippen molar-refractivity contribution in [1.82, 2.24) is 0 Å². The van der Waals surface area contributed by atoms with Crippen LogP contribution < -0.4 is 5.32 Å². The van der Waals surface area contributed by atoms with Gasteiger partial charge in [-0.2, -0.15) is 0 Å². The number of carbonyl (C=O) groups excluding carboxylic acids is 1. The third kappa shape index (κ3) is 2.91. The van der Waals surface area contributed by atoms with Crippen LogP contribution in [0, 0.1) is 5.92 Å². The van der Waals surface area contributed by atoms with E-state index in [2.05, 4.69) is 17.2 Å². The first-order chi connectivity index (χ1) is 11.8. The van der Waals surface area contributed by atoms with Gasteiger partial charge in [0.1, 0.15) is 12.2 Å². The van der Waals surface area contributed by atoms with Gasteiger partial charge in [0.15, 0.2) is 11.7 Å². The second kappa shape index (κ2) is 5.77. The lowest BCUT2D eigenvalue weighted by Gasteiger charge is -2.10. The standard InChI is InChI=1S/C19H21ClN2O3/c1-10-6-11-16-14(5-4-12(20)17(16)21-8-10)25-18(11)13(23)7-15-22-19(2,3)9-24-15/h4-5,10,21H,6-9H2,1-3H3. The number of aliphatic imine (C=N–C) groups is 1. The van der Waals surface area contributed by atoms with Crippen molar-refractivity contribution in [2.75, 3.05) is 18.5 Å². The summed E-state index contributed by atoms with van der Waals surface area (Å²) in [7, 11) is 0. The summed E-state index contributed by atoms with van der Waals surface area (Å²) in [5, 5.41) is 4.96. The normalized spacial score (nSPS) is 21.4. The molecule has 3 heterocycles. The van der Waals surface area contributed by atoms with E-state index in [0.29, 0.717) is 34.8 Å². The van der Waals surface area contributed by atoms with E-state index in [-0.39, 0.29) is 17.7 Å². The molecule has 0 radical (unpaired) electrons. The first kappa shape index (κ1) is 16.5. The van der Waals surface area contributed by atoms with Gasteiger partial charge >= 0.3 is 0 Å². The Bertz CT molecular complexity index is 898. The third-order valence-electron chi connectivity index (χ3n) is 4.67. The van der Waals surface area contributed by atoms with E-state index in [4.69, 9.17) is 20.8 Å². The first-order valence-corrected chi connectivity index (χ1v) is 8.94. The van der Waals surface area contributed by atoms with Gasteiger partial charge in [0, 0.05) is 17.5 Å². The van der Waals surface area contributed by atoms with E-state index in [1.165, 1.54) is 0 Å². The molecule has 0 spiro atoms. The van der Waals surface area contributed by atoms with Crippen LogP contribution in [-0.4, -0.2) is 30.4 Å². The summed E-state index contributed by atoms with van der Waals surface area (Å²) < 4.78 is 11.5. The molecule has 2 aromatic rings. The zero-order valence-electron chi connectivity index (χ0n) is 14.6. The molecule has 4 rings (SSSR count). The van der Waals surface area contributed by atoms with Crippen LogP contribution in [0.3, 0.4) is 0 Å². The predicted molar refractivity (Wildman–Crippen MR) is 99.0 cm³/mol. The van der Waals surface area contributed by atoms with Crippen LogP contribution in [0.15, 0.2) is 21.5 Å². The van der Waals surface area contributed by atoms with Crippen molar-refractivity contribution in [3.05, 3.63) is 28.5 Å². The van der Waals surface area contributed by atoms with Gasteiger partial charge in [0.2, 0.25) is 5.78 Å². The highest BCUT2D eigenvalue weighted by Crippen LogP contribution is 2.40. The number of Topliss-reactive ketones (excluding diaryl/α,β-unsaturated/α-hetero) is 1. The zero-order chi connectivity index (χ0) is 17.8. The molecule has 2 aliphatic heterocycles. The fraction of sp³-hybridized carbons (Fsp3) is 0.474. The zero-order valence-corrected chi connectivity index (χ0v) is 15.4. The molecule has 0 amide bonds. The molecule has 1 unspecified atom stereocenters. The molecule has 2 aliphatic rings. The van der Waals surface area contributed by atoms with Crippen LogP contribution in [0.25, 0.3) is 11.0 Å². The molecule has 0 bridgehead atoms. The maximum absolute atomic E-state index is 12.9. The Morgan fingerprint density at radius 3 is 2.96 bits per heavy atom. The third-order valence-corrected chi connectivity index (χ3v) is 4.98. The van der Waals surface area contributed by atoms with Gasteiger partial charge in [-0.1, -0.05) is 18.5 Å². The maximum Gasteiger partial charge on any atom is 0.207 e. The largest absolute Gasteiger partial charge is 0.478 e. The number of anilines is 1. The number of benzene rings is 1. The average Bonchev–Trinajstić information content (AvgIpc) is 3.00. The number of ketones is 1. The van der Waals surface area contributed by atoms with Gasteiger partial charge in [0.05, 0.1) is 22.7 Å². The second-order valence-corrected chi connectivity index (χ2v) is 8.01. The number of nitrogens with one attached hydrogen (secondary N) is 1. The lowest BCUT2D eigenvalue weighted by Crippen LogP contribution is -2.17. The molecular weight excluding hydrogens is 340 g/mol. The van der Waals surface area contributed by atoms with Crippen LogP contribution in [-0.2, 0) is 11.2 Å². The molecule has 25 heavy (non-hydrogen) atoms. The lowest BCUT2D eigenvalue weighted by atomic mass is 9.98. The fourth-order valence-electron chi connectivity index (χ4n) is 3.49. The smallest absolute Gasteiger partial charge is 0.207 e. The first-order valence-electron chi connectivity index (χ1n) is 8.56. The number of hydrogen-bond acceptors (Lipinski definition) is 5. The fourth-order valence-corrected chi connectivity index (χ4v) is 3.71. The maximum atomic E-state index is 12.9. The van der Waals surface area contributed by atoms with Gasteiger partial charge in [-0.3, -0.25) is 4.79 Å². The van der Waals surface area contributed by atoms with Crippen molar-refractivity contribution < 1.29 is 13.9 Å². The Hall–Kier alpha value is -2.01. The summed E-state index contributed by atoms with van der Waals surface area (Å²) in [6.45, 7) is 7.43. The Morgan fingerprint density at radius 2 is 2.24 bits per heavy atom. The molecule has 0 aliphatic carbocycles. The minimum Gasteiger partial charge on any atom is -0.478 e. The SMILES string of the molecule is CC1CNc2c(Cl)ccc3oc(C(=O)CC4=NC(C)(C)CO4)c(c23)C1. The Balaban J connectivity index is 1.76. The van der Waals surface area contributed by atoms with Gasteiger partial charge in [-0.25, -0.2) is 4.99 Å². The minimum atomic E-state index is -0.269. The van der Waals surface area contributed by atoms with E-state index in [9.17, 15) is 4.79 Å². The number of carbonyl (C=O) groups is 1. The van der Waals surface area contributed by atoms with Crippen LogP contribution in [0.1, 0.15) is 43.3 Å². The van der Waals surface area contributed by atoms with Crippen LogP contribution in [0.2, 0.25) is 5.02 Å². The van der Waals surface area contributed by atoms with Crippen molar-refractivity contribution in [3.8, 4) is 0 Å². The van der Waals surface area contributed by atoms with Crippen LogP contribution >= 0.6 is 11.6 Å². The van der Waals surface area contributed by atoms with Crippen LogP contribution in [0.4, 0.5) is 5.69 Å².